The van der Waals surface area contributed by atoms with Gasteiger partial charge in [-0.2, -0.15) is 0 Å². The largest absolute Gasteiger partial charge is 0.457 e. The number of benzene rings is 2. The predicted molar refractivity (Wildman–Crippen MR) is 102 cm³/mol. The Morgan fingerprint density at radius 2 is 1.89 bits per heavy atom. The van der Waals surface area contributed by atoms with Crippen LogP contribution >= 0.6 is 0 Å². The lowest BCUT2D eigenvalue weighted by molar-refractivity contribution is 0.0469. The minimum atomic E-state index is -1.30. The topological polar surface area (TPSA) is 73.6 Å². The first-order valence-electron chi connectivity index (χ1n) is 8.71. The number of rotatable bonds is 4. The normalized spacial score (nSPS) is 14.1. The maximum Gasteiger partial charge on any atom is 0.339 e. The van der Waals surface area contributed by atoms with Crippen LogP contribution in [0.1, 0.15) is 33.5 Å². The molecule has 5 nitrogen and oxygen atoms in total. The van der Waals surface area contributed by atoms with E-state index in [1.807, 2.05) is 12.1 Å². The predicted octanol–water partition coefficient (Wildman–Crippen LogP) is 3.38. The van der Waals surface area contributed by atoms with Crippen molar-refractivity contribution in [1.82, 2.24) is 0 Å². The zero-order chi connectivity index (χ0) is 19.0. The van der Waals surface area contributed by atoms with Crippen molar-refractivity contribution in [2.75, 3.05) is 6.26 Å². The molecule has 0 saturated carbocycles. The number of carbonyl (C=O) groups excluding carboxylic acids is 1. The van der Waals surface area contributed by atoms with Crippen molar-refractivity contribution in [2.24, 2.45) is 0 Å². The number of aryl methyl sites for hydroxylation is 2. The minimum Gasteiger partial charge on any atom is -0.457 e. The van der Waals surface area contributed by atoms with Gasteiger partial charge in [-0.25, -0.2) is 9.59 Å². The van der Waals surface area contributed by atoms with E-state index in [1.54, 1.807) is 24.3 Å². The van der Waals surface area contributed by atoms with Gasteiger partial charge in [0, 0.05) is 23.3 Å². The molecule has 1 heterocycles. The lowest BCUT2D eigenvalue weighted by Crippen LogP contribution is -2.10. The van der Waals surface area contributed by atoms with Gasteiger partial charge >= 0.3 is 11.6 Å². The van der Waals surface area contributed by atoms with Crippen molar-refractivity contribution >= 4 is 27.7 Å². The van der Waals surface area contributed by atoms with Gasteiger partial charge in [0.05, 0.1) is 21.3 Å². The number of hydrogen-bond acceptors (Lipinski definition) is 5. The number of carbonyl (C=O) groups is 1. The van der Waals surface area contributed by atoms with Gasteiger partial charge < -0.3 is 9.15 Å². The standard InChI is InChI=1S/C21H18O5S/c1-27(24)19-8-3-2-7-16(19)21(23)25-12-15-11-20(22)26-18-10-14-6-4-5-13(14)9-17(15)18/h2-3,7-11H,4-6,12H2,1H3/t27-/m1/s1. The molecule has 1 aromatic heterocycles. The average Bonchev–Trinajstić information content (AvgIpc) is 3.11. The van der Waals surface area contributed by atoms with Crippen LogP contribution < -0.4 is 5.63 Å². The van der Waals surface area contributed by atoms with E-state index in [2.05, 4.69) is 0 Å². The summed E-state index contributed by atoms with van der Waals surface area (Å²) in [6.45, 7) is -0.0512. The summed E-state index contributed by atoms with van der Waals surface area (Å²) < 4.78 is 22.6. The third-order valence-electron chi connectivity index (χ3n) is 4.82. The smallest absolute Gasteiger partial charge is 0.339 e. The fourth-order valence-corrected chi connectivity index (χ4v) is 4.25. The maximum absolute atomic E-state index is 12.5. The molecule has 3 aromatic rings. The fraction of sp³-hybridized carbons (Fsp3) is 0.238. The number of fused-ring (bicyclic) bond motifs is 2. The molecule has 6 heteroatoms. The summed E-state index contributed by atoms with van der Waals surface area (Å²) >= 11 is 0. The van der Waals surface area contributed by atoms with Gasteiger partial charge in [0.15, 0.2) is 0 Å². The highest BCUT2D eigenvalue weighted by Gasteiger charge is 2.18. The highest BCUT2D eigenvalue weighted by molar-refractivity contribution is 7.84. The van der Waals surface area contributed by atoms with E-state index >= 15 is 0 Å². The summed E-state index contributed by atoms with van der Waals surface area (Å²) in [5, 5.41) is 0.787. The van der Waals surface area contributed by atoms with Gasteiger partial charge in [-0.05, 0) is 54.7 Å². The molecule has 0 bridgehead atoms. The lowest BCUT2D eigenvalue weighted by Gasteiger charge is -2.10. The van der Waals surface area contributed by atoms with E-state index < -0.39 is 22.4 Å². The van der Waals surface area contributed by atoms with E-state index in [0.717, 1.165) is 24.6 Å². The Balaban J connectivity index is 1.65. The summed E-state index contributed by atoms with van der Waals surface area (Å²) in [7, 11) is -1.30. The van der Waals surface area contributed by atoms with E-state index in [4.69, 9.17) is 9.15 Å². The zero-order valence-electron chi connectivity index (χ0n) is 14.8. The van der Waals surface area contributed by atoms with Gasteiger partial charge in [-0.15, -0.1) is 0 Å². The molecule has 1 aliphatic rings. The van der Waals surface area contributed by atoms with Crippen LogP contribution in [0.15, 0.2) is 56.6 Å². The number of ether oxygens (including phenoxy) is 1. The zero-order valence-corrected chi connectivity index (χ0v) is 15.6. The van der Waals surface area contributed by atoms with Crippen LogP contribution in [-0.2, 0) is 35.0 Å². The Morgan fingerprint density at radius 3 is 2.67 bits per heavy atom. The Morgan fingerprint density at radius 1 is 1.15 bits per heavy atom. The number of hydrogen-bond donors (Lipinski definition) is 0. The highest BCUT2D eigenvalue weighted by Crippen LogP contribution is 2.29. The quantitative estimate of drug-likeness (QED) is 0.511. The second-order valence-electron chi connectivity index (χ2n) is 6.59. The number of esters is 1. The first kappa shape index (κ1) is 17.7. The van der Waals surface area contributed by atoms with Gasteiger partial charge in [0.25, 0.3) is 0 Å². The maximum atomic E-state index is 12.5. The van der Waals surface area contributed by atoms with Crippen LogP contribution in [0.25, 0.3) is 11.0 Å². The molecule has 0 saturated heterocycles. The highest BCUT2D eigenvalue weighted by atomic mass is 32.2. The van der Waals surface area contributed by atoms with E-state index in [-0.39, 0.29) is 12.2 Å². The van der Waals surface area contributed by atoms with Crippen LogP contribution in [0.3, 0.4) is 0 Å². The Hall–Kier alpha value is -2.73. The molecule has 0 aliphatic heterocycles. The van der Waals surface area contributed by atoms with Gasteiger partial charge in [0.2, 0.25) is 0 Å². The molecule has 138 valence electrons. The third kappa shape index (κ3) is 3.45. The molecular formula is C21H18O5S. The molecule has 0 spiro atoms. The molecule has 0 radical (unpaired) electrons. The summed E-state index contributed by atoms with van der Waals surface area (Å²) in [5.41, 5.74) is 3.38. The molecule has 4 rings (SSSR count). The third-order valence-corrected chi connectivity index (χ3v) is 5.79. The first-order chi connectivity index (χ1) is 13.0. The average molecular weight is 382 g/mol. The molecule has 1 atom stereocenters. The summed E-state index contributed by atoms with van der Waals surface area (Å²) in [6.07, 6.45) is 4.59. The summed E-state index contributed by atoms with van der Waals surface area (Å²) in [6, 6.07) is 12.0. The minimum absolute atomic E-state index is 0.0512. The second-order valence-corrected chi connectivity index (χ2v) is 7.94. The molecule has 1 aliphatic carbocycles. The van der Waals surface area contributed by atoms with E-state index in [0.29, 0.717) is 16.0 Å². The van der Waals surface area contributed by atoms with Gasteiger partial charge in [0.1, 0.15) is 12.2 Å². The van der Waals surface area contributed by atoms with Crippen molar-refractivity contribution in [2.45, 2.75) is 30.8 Å². The molecule has 0 amide bonds. The van der Waals surface area contributed by atoms with E-state index in [1.165, 1.54) is 23.4 Å². The summed E-state index contributed by atoms with van der Waals surface area (Å²) in [4.78, 5) is 24.8. The molecule has 2 aromatic carbocycles. The SMILES string of the molecule is C[S@@](=O)c1ccccc1C(=O)OCc1cc(=O)oc2cc3c(cc12)CCC3. The van der Waals surface area contributed by atoms with Crippen molar-refractivity contribution < 1.29 is 18.2 Å². The summed E-state index contributed by atoms with van der Waals surface area (Å²) in [5.74, 6) is -0.566. The van der Waals surface area contributed by atoms with Crippen LogP contribution in [-0.4, -0.2) is 16.4 Å². The molecule has 27 heavy (non-hydrogen) atoms. The van der Waals surface area contributed by atoms with Crippen molar-refractivity contribution in [3.8, 4) is 0 Å². The Kier molecular flexibility index (Phi) is 4.66. The van der Waals surface area contributed by atoms with Crippen LogP contribution in [0.2, 0.25) is 0 Å². The van der Waals surface area contributed by atoms with Gasteiger partial charge in [-0.1, -0.05) is 12.1 Å². The molecule has 0 N–H and O–H groups in total. The van der Waals surface area contributed by atoms with E-state index in [9.17, 15) is 13.8 Å². The monoisotopic (exact) mass is 382 g/mol. The fourth-order valence-electron chi connectivity index (χ4n) is 3.52. The van der Waals surface area contributed by atoms with Crippen molar-refractivity contribution in [1.29, 1.82) is 0 Å². The van der Waals surface area contributed by atoms with Crippen LogP contribution in [0.5, 0.6) is 0 Å². The Labute approximate surface area is 158 Å². The second kappa shape index (κ2) is 7.12. The Bertz CT molecular complexity index is 1130. The van der Waals surface area contributed by atoms with Crippen molar-refractivity contribution in [3.05, 3.63) is 75.1 Å². The van der Waals surface area contributed by atoms with Crippen LogP contribution in [0, 0.1) is 0 Å². The van der Waals surface area contributed by atoms with Crippen molar-refractivity contribution in [3.63, 3.8) is 0 Å². The molecule has 0 unspecified atom stereocenters. The molecular weight excluding hydrogens is 364 g/mol. The van der Waals surface area contributed by atoms with Gasteiger partial charge in [-0.3, -0.25) is 4.21 Å². The lowest BCUT2D eigenvalue weighted by atomic mass is 10.0. The first-order valence-corrected chi connectivity index (χ1v) is 10.3. The van der Waals surface area contributed by atoms with Crippen LogP contribution in [0.4, 0.5) is 0 Å². The molecule has 0 fully saturated rings.